The maximum absolute atomic E-state index is 6.85. The van der Waals surface area contributed by atoms with Gasteiger partial charge >= 0.3 is 0 Å². The molecular formula is C40H33NO. The molecule has 0 radical (unpaired) electrons. The largest absolute Gasteiger partial charge is 0.464 e. The van der Waals surface area contributed by atoms with Crippen LogP contribution in [0.3, 0.4) is 0 Å². The van der Waals surface area contributed by atoms with Crippen LogP contribution in [0.4, 0.5) is 5.69 Å². The van der Waals surface area contributed by atoms with Crippen molar-refractivity contribution >= 4 is 48.8 Å². The van der Waals surface area contributed by atoms with E-state index in [1.54, 1.807) is 0 Å². The highest BCUT2D eigenvalue weighted by Gasteiger charge is 2.42. The lowest BCUT2D eigenvalue weighted by Crippen LogP contribution is -2.16. The van der Waals surface area contributed by atoms with E-state index in [9.17, 15) is 0 Å². The Labute approximate surface area is 246 Å². The zero-order valence-electron chi connectivity index (χ0n) is 24.5. The van der Waals surface area contributed by atoms with Crippen molar-refractivity contribution in [3.63, 3.8) is 0 Å². The van der Waals surface area contributed by atoms with Crippen molar-refractivity contribution in [2.24, 2.45) is 0 Å². The maximum Gasteiger partial charge on any atom is 0.196 e. The molecule has 1 aliphatic heterocycles. The highest BCUT2D eigenvalue weighted by atomic mass is 16.5. The summed E-state index contributed by atoms with van der Waals surface area (Å²) in [6.07, 6.45) is -0.243. The molecule has 204 valence electrons. The molecule has 42 heavy (non-hydrogen) atoms. The molecule has 0 saturated heterocycles. The SMILES string of the molecule is CC.CC1(C)c2ccc3ccccc3c2-c2ccc3c(c21)OC(c1ccc2c4ccccc4c4ccccc4c2c1)N3. The molecule has 7 aromatic rings. The summed E-state index contributed by atoms with van der Waals surface area (Å²) in [5, 5.41) is 14.0. The Hall–Kier alpha value is -4.82. The van der Waals surface area contributed by atoms with Crippen molar-refractivity contribution in [1.82, 2.24) is 0 Å². The number of anilines is 1. The standard InChI is InChI=1S/C38H27NO.C2H6/c1-38(2)32-19-16-22-9-3-4-10-24(22)34(32)30-18-20-33-36(35(30)38)40-37(39-33)23-15-17-29-27-13-6-5-11-25(27)26-12-7-8-14-28(26)31(29)21-23;1-2/h3-21,37,39H,1-2H3;1-2H3. The van der Waals surface area contributed by atoms with Gasteiger partial charge in [0.05, 0.1) is 5.69 Å². The Bertz CT molecular complexity index is 2170. The molecule has 9 rings (SSSR count). The normalized spacial score (nSPS) is 16.0. The van der Waals surface area contributed by atoms with Crippen LogP contribution in [-0.2, 0) is 5.41 Å². The Kier molecular flexibility index (Phi) is 5.40. The number of nitrogens with one attached hydrogen (secondary N) is 1. The van der Waals surface area contributed by atoms with E-state index in [1.165, 1.54) is 65.3 Å². The van der Waals surface area contributed by atoms with E-state index < -0.39 is 0 Å². The predicted octanol–water partition coefficient (Wildman–Crippen LogP) is 11.1. The summed E-state index contributed by atoms with van der Waals surface area (Å²) in [6.45, 7) is 8.66. The third-order valence-corrected chi connectivity index (χ3v) is 9.25. The smallest absolute Gasteiger partial charge is 0.196 e. The number of rotatable bonds is 1. The van der Waals surface area contributed by atoms with Crippen molar-refractivity contribution in [3.05, 3.63) is 132 Å². The van der Waals surface area contributed by atoms with Crippen LogP contribution in [0.5, 0.6) is 5.75 Å². The topological polar surface area (TPSA) is 21.3 Å². The van der Waals surface area contributed by atoms with Crippen LogP contribution in [0.15, 0.2) is 115 Å². The van der Waals surface area contributed by atoms with Gasteiger partial charge in [-0.25, -0.2) is 0 Å². The highest BCUT2D eigenvalue weighted by Crippen LogP contribution is 2.58. The minimum absolute atomic E-state index is 0.158. The molecule has 0 bridgehead atoms. The summed E-state index contributed by atoms with van der Waals surface area (Å²) in [5.74, 6) is 0.983. The fourth-order valence-corrected chi connectivity index (χ4v) is 7.39. The van der Waals surface area contributed by atoms with Gasteiger partial charge in [-0.05, 0) is 71.9 Å². The van der Waals surface area contributed by atoms with E-state index in [4.69, 9.17) is 4.74 Å². The lowest BCUT2D eigenvalue weighted by Gasteiger charge is -2.23. The first-order valence-electron chi connectivity index (χ1n) is 15.1. The fourth-order valence-electron chi connectivity index (χ4n) is 7.39. The molecule has 0 saturated carbocycles. The molecule has 0 fully saturated rings. The van der Waals surface area contributed by atoms with Crippen LogP contribution in [-0.4, -0.2) is 0 Å². The van der Waals surface area contributed by atoms with Gasteiger partial charge in [0.1, 0.15) is 0 Å². The summed E-state index contributed by atoms with van der Waals surface area (Å²) in [5.41, 5.74) is 7.32. The Morgan fingerprint density at radius 3 is 1.88 bits per heavy atom. The second-order valence-corrected chi connectivity index (χ2v) is 11.7. The first-order valence-corrected chi connectivity index (χ1v) is 15.1. The zero-order valence-corrected chi connectivity index (χ0v) is 24.5. The quantitative estimate of drug-likeness (QED) is 0.208. The number of benzene rings is 7. The lowest BCUT2D eigenvalue weighted by molar-refractivity contribution is 0.255. The molecule has 1 unspecified atom stereocenters. The minimum atomic E-state index is -0.243. The third-order valence-electron chi connectivity index (χ3n) is 9.25. The monoisotopic (exact) mass is 543 g/mol. The third kappa shape index (κ3) is 3.32. The van der Waals surface area contributed by atoms with E-state index in [0.29, 0.717) is 0 Å². The Morgan fingerprint density at radius 1 is 0.595 bits per heavy atom. The summed E-state index contributed by atoms with van der Waals surface area (Å²) < 4.78 is 6.85. The minimum Gasteiger partial charge on any atom is -0.464 e. The molecular weight excluding hydrogens is 510 g/mol. The first kappa shape index (κ1) is 24.9. The van der Waals surface area contributed by atoms with Gasteiger partial charge < -0.3 is 10.1 Å². The molecule has 0 spiro atoms. The second kappa shape index (κ2) is 9.09. The van der Waals surface area contributed by atoms with Gasteiger partial charge in [-0.15, -0.1) is 0 Å². The molecule has 2 heteroatoms. The van der Waals surface area contributed by atoms with E-state index in [-0.39, 0.29) is 11.6 Å². The van der Waals surface area contributed by atoms with E-state index >= 15 is 0 Å². The molecule has 2 aliphatic rings. The fraction of sp³-hybridized carbons (Fsp3) is 0.150. The summed E-state index contributed by atoms with van der Waals surface area (Å²) >= 11 is 0. The van der Waals surface area contributed by atoms with Gasteiger partial charge in [0.2, 0.25) is 0 Å². The summed E-state index contributed by atoms with van der Waals surface area (Å²) in [7, 11) is 0. The number of hydrogen-bond donors (Lipinski definition) is 1. The van der Waals surface area contributed by atoms with Crippen LogP contribution < -0.4 is 10.1 Å². The van der Waals surface area contributed by atoms with Gasteiger partial charge in [0.15, 0.2) is 12.0 Å². The predicted molar refractivity (Wildman–Crippen MR) is 179 cm³/mol. The van der Waals surface area contributed by atoms with Crippen molar-refractivity contribution in [3.8, 4) is 16.9 Å². The van der Waals surface area contributed by atoms with E-state index in [2.05, 4.69) is 134 Å². The van der Waals surface area contributed by atoms with E-state index in [0.717, 1.165) is 17.0 Å². The molecule has 7 aromatic carbocycles. The van der Waals surface area contributed by atoms with Crippen LogP contribution in [0.25, 0.3) is 54.2 Å². The van der Waals surface area contributed by atoms with Crippen LogP contribution in [0, 0.1) is 0 Å². The second-order valence-electron chi connectivity index (χ2n) is 11.7. The molecule has 2 nitrogen and oxygen atoms in total. The van der Waals surface area contributed by atoms with Crippen LogP contribution >= 0.6 is 0 Å². The highest BCUT2D eigenvalue weighted by molar-refractivity contribution is 6.25. The van der Waals surface area contributed by atoms with Crippen LogP contribution in [0.2, 0.25) is 0 Å². The molecule has 0 amide bonds. The average molecular weight is 544 g/mol. The number of fused-ring (bicyclic) bond motifs is 13. The molecule has 1 aliphatic carbocycles. The van der Waals surface area contributed by atoms with Gasteiger partial charge in [0.25, 0.3) is 0 Å². The van der Waals surface area contributed by atoms with Crippen LogP contribution in [0.1, 0.15) is 50.6 Å². The maximum atomic E-state index is 6.85. The first-order chi connectivity index (χ1) is 20.6. The van der Waals surface area contributed by atoms with Crippen molar-refractivity contribution in [2.75, 3.05) is 5.32 Å². The number of hydrogen-bond acceptors (Lipinski definition) is 2. The van der Waals surface area contributed by atoms with Gasteiger partial charge in [-0.2, -0.15) is 0 Å². The summed E-state index contributed by atoms with van der Waals surface area (Å²) in [4.78, 5) is 0. The molecule has 0 aromatic heterocycles. The zero-order chi connectivity index (χ0) is 28.6. The van der Waals surface area contributed by atoms with Gasteiger partial charge in [0, 0.05) is 16.5 Å². The molecule has 1 heterocycles. The molecule has 1 N–H and O–H groups in total. The summed E-state index contributed by atoms with van der Waals surface area (Å²) in [6, 6.07) is 42.0. The van der Waals surface area contributed by atoms with Crippen molar-refractivity contribution in [1.29, 1.82) is 0 Å². The van der Waals surface area contributed by atoms with Crippen molar-refractivity contribution < 1.29 is 4.74 Å². The molecule has 1 atom stereocenters. The van der Waals surface area contributed by atoms with E-state index in [1.807, 2.05) is 13.8 Å². The van der Waals surface area contributed by atoms with Gasteiger partial charge in [-0.3, -0.25) is 0 Å². The lowest BCUT2D eigenvalue weighted by atomic mass is 9.81. The Morgan fingerprint density at radius 2 is 1.19 bits per heavy atom. The van der Waals surface area contributed by atoms with Gasteiger partial charge in [-0.1, -0.05) is 131 Å². The number of ether oxygens (including phenoxy) is 1. The van der Waals surface area contributed by atoms with Crippen molar-refractivity contribution in [2.45, 2.75) is 39.3 Å². The average Bonchev–Trinajstić information content (AvgIpc) is 3.58. The Balaban J connectivity index is 0.00000131.